The molecule has 0 heterocycles. The summed E-state index contributed by atoms with van der Waals surface area (Å²) in [5, 5.41) is 2.56. The van der Waals surface area contributed by atoms with Gasteiger partial charge in [-0.15, -0.1) is 0 Å². The van der Waals surface area contributed by atoms with Crippen molar-refractivity contribution in [1.29, 1.82) is 0 Å². The van der Waals surface area contributed by atoms with E-state index in [0.29, 0.717) is 0 Å². The van der Waals surface area contributed by atoms with Crippen LogP contribution in [-0.2, 0) is 12.8 Å². The van der Waals surface area contributed by atoms with E-state index in [9.17, 15) is 0 Å². The van der Waals surface area contributed by atoms with Gasteiger partial charge in [0.2, 0.25) is 0 Å². The van der Waals surface area contributed by atoms with E-state index in [2.05, 4.69) is 73.7 Å². The van der Waals surface area contributed by atoms with Crippen LogP contribution in [0.2, 0.25) is 0 Å². The Balaban J connectivity index is 1.87. The molecule has 1 heteroatoms. The Bertz CT molecular complexity index is 745. The molecular weight excluding hydrogens is 254 g/mol. The minimum absolute atomic E-state index is 0.0577. The average molecular weight is 275 g/mol. The summed E-state index contributed by atoms with van der Waals surface area (Å²) in [6.07, 6.45) is 1.91. The molecule has 0 aliphatic rings. The fourth-order valence-corrected chi connectivity index (χ4v) is 2.95. The summed E-state index contributed by atoms with van der Waals surface area (Å²) in [5.41, 5.74) is 10.4. The van der Waals surface area contributed by atoms with Crippen LogP contribution in [0.3, 0.4) is 0 Å². The Labute approximate surface area is 126 Å². The molecule has 0 bridgehead atoms. The van der Waals surface area contributed by atoms with E-state index >= 15 is 0 Å². The van der Waals surface area contributed by atoms with Crippen LogP contribution in [-0.4, -0.2) is 0 Å². The molecule has 0 radical (unpaired) electrons. The molecule has 3 rings (SSSR count). The highest BCUT2D eigenvalue weighted by Gasteiger charge is 2.10. The van der Waals surface area contributed by atoms with Crippen LogP contribution < -0.4 is 5.73 Å². The Morgan fingerprint density at radius 3 is 2.38 bits per heavy atom. The molecule has 0 fully saturated rings. The van der Waals surface area contributed by atoms with E-state index in [1.54, 1.807) is 0 Å². The van der Waals surface area contributed by atoms with Gasteiger partial charge in [-0.1, -0.05) is 73.7 Å². The monoisotopic (exact) mass is 275 g/mol. The van der Waals surface area contributed by atoms with E-state index in [-0.39, 0.29) is 6.04 Å². The standard InChI is InChI=1S/C20H21N/c1-2-16-7-5-6-10-19(16)20(21)14-15-11-12-17-8-3-4-9-18(17)13-15/h3-13,20H,2,14,21H2,1H3. The second-order valence-electron chi connectivity index (χ2n) is 5.54. The quantitative estimate of drug-likeness (QED) is 0.737. The van der Waals surface area contributed by atoms with Gasteiger partial charge in [0.25, 0.3) is 0 Å². The first-order valence-corrected chi connectivity index (χ1v) is 7.59. The summed E-state index contributed by atoms with van der Waals surface area (Å²) in [6, 6.07) is 23.6. The van der Waals surface area contributed by atoms with Gasteiger partial charge < -0.3 is 5.73 Å². The van der Waals surface area contributed by atoms with Crippen molar-refractivity contribution in [2.45, 2.75) is 25.8 Å². The maximum absolute atomic E-state index is 6.45. The van der Waals surface area contributed by atoms with Crippen molar-refractivity contribution >= 4 is 10.8 Å². The molecule has 106 valence electrons. The van der Waals surface area contributed by atoms with Crippen LogP contribution in [0.1, 0.15) is 29.7 Å². The van der Waals surface area contributed by atoms with Crippen LogP contribution in [0.4, 0.5) is 0 Å². The van der Waals surface area contributed by atoms with E-state index in [4.69, 9.17) is 5.73 Å². The van der Waals surface area contributed by atoms with Crippen molar-refractivity contribution < 1.29 is 0 Å². The van der Waals surface area contributed by atoms with E-state index < -0.39 is 0 Å². The fourth-order valence-electron chi connectivity index (χ4n) is 2.95. The lowest BCUT2D eigenvalue weighted by Gasteiger charge is -2.16. The van der Waals surface area contributed by atoms with Crippen LogP contribution in [0.5, 0.6) is 0 Å². The van der Waals surface area contributed by atoms with Gasteiger partial charge in [-0.2, -0.15) is 0 Å². The Hall–Kier alpha value is -2.12. The minimum Gasteiger partial charge on any atom is -0.324 e. The second kappa shape index (κ2) is 6.11. The lowest BCUT2D eigenvalue weighted by atomic mass is 9.93. The molecule has 3 aromatic rings. The lowest BCUT2D eigenvalue weighted by Crippen LogP contribution is -2.15. The highest BCUT2D eigenvalue weighted by molar-refractivity contribution is 5.83. The zero-order chi connectivity index (χ0) is 14.7. The molecule has 0 saturated carbocycles. The zero-order valence-corrected chi connectivity index (χ0v) is 12.4. The summed E-state index contributed by atoms with van der Waals surface area (Å²) in [4.78, 5) is 0. The molecule has 0 aromatic heterocycles. The topological polar surface area (TPSA) is 26.0 Å². The second-order valence-corrected chi connectivity index (χ2v) is 5.54. The zero-order valence-electron chi connectivity index (χ0n) is 12.4. The van der Waals surface area contributed by atoms with Gasteiger partial charge in [-0.3, -0.25) is 0 Å². The molecule has 0 spiro atoms. The van der Waals surface area contributed by atoms with Crippen molar-refractivity contribution in [1.82, 2.24) is 0 Å². The molecule has 0 saturated heterocycles. The van der Waals surface area contributed by atoms with E-state index in [1.807, 2.05) is 0 Å². The fraction of sp³-hybridized carbons (Fsp3) is 0.200. The van der Waals surface area contributed by atoms with Crippen molar-refractivity contribution in [2.75, 3.05) is 0 Å². The Morgan fingerprint density at radius 2 is 1.57 bits per heavy atom. The molecule has 1 nitrogen and oxygen atoms in total. The third-order valence-corrected chi connectivity index (χ3v) is 4.10. The van der Waals surface area contributed by atoms with Gasteiger partial charge in [0.1, 0.15) is 0 Å². The summed E-state index contributed by atoms with van der Waals surface area (Å²) in [7, 11) is 0. The maximum atomic E-state index is 6.45. The number of aryl methyl sites for hydroxylation is 1. The van der Waals surface area contributed by atoms with Gasteiger partial charge in [0, 0.05) is 6.04 Å². The Morgan fingerprint density at radius 1 is 0.857 bits per heavy atom. The van der Waals surface area contributed by atoms with Gasteiger partial charge in [0.15, 0.2) is 0 Å². The largest absolute Gasteiger partial charge is 0.324 e. The summed E-state index contributed by atoms with van der Waals surface area (Å²) >= 11 is 0. The SMILES string of the molecule is CCc1ccccc1C(N)Cc1ccc2ccccc2c1. The molecule has 0 aliphatic heterocycles. The number of hydrogen-bond donors (Lipinski definition) is 1. The van der Waals surface area contributed by atoms with Gasteiger partial charge in [-0.05, 0) is 40.3 Å². The predicted octanol–water partition coefficient (Wildman–Crippen LogP) is 4.64. The first kappa shape index (κ1) is 13.8. The first-order chi connectivity index (χ1) is 10.3. The number of hydrogen-bond acceptors (Lipinski definition) is 1. The molecule has 0 amide bonds. The normalized spacial score (nSPS) is 12.5. The van der Waals surface area contributed by atoms with Crippen LogP contribution in [0, 0.1) is 0 Å². The number of rotatable bonds is 4. The number of benzene rings is 3. The van der Waals surface area contributed by atoms with Crippen molar-refractivity contribution in [3.05, 3.63) is 83.4 Å². The van der Waals surface area contributed by atoms with Crippen molar-refractivity contribution in [3.63, 3.8) is 0 Å². The van der Waals surface area contributed by atoms with Crippen molar-refractivity contribution in [3.8, 4) is 0 Å². The lowest BCUT2D eigenvalue weighted by molar-refractivity contribution is 0.712. The third-order valence-electron chi connectivity index (χ3n) is 4.10. The van der Waals surface area contributed by atoms with Gasteiger partial charge in [-0.25, -0.2) is 0 Å². The summed E-state index contributed by atoms with van der Waals surface area (Å²) < 4.78 is 0. The molecule has 3 aromatic carbocycles. The Kier molecular flexibility index (Phi) is 4.03. The van der Waals surface area contributed by atoms with E-state index in [0.717, 1.165) is 12.8 Å². The van der Waals surface area contributed by atoms with Crippen LogP contribution in [0.15, 0.2) is 66.7 Å². The maximum Gasteiger partial charge on any atom is 0.0338 e. The van der Waals surface area contributed by atoms with Crippen LogP contribution in [0.25, 0.3) is 10.8 Å². The van der Waals surface area contributed by atoms with Gasteiger partial charge in [0.05, 0.1) is 0 Å². The molecule has 21 heavy (non-hydrogen) atoms. The highest BCUT2D eigenvalue weighted by atomic mass is 14.6. The summed E-state index contributed by atoms with van der Waals surface area (Å²) in [6.45, 7) is 2.18. The third kappa shape index (κ3) is 2.98. The summed E-state index contributed by atoms with van der Waals surface area (Å²) in [5.74, 6) is 0. The minimum atomic E-state index is 0.0577. The molecular formula is C20H21N. The molecule has 0 aliphatic carbocycles. The predicted molar refractivity (Wildman–Crippen MR) is 90.4 cm³/mol. The van der Waals surface area contributed by atoms with Crippen molar-refractivity contribution in [2.24, 2.45) is 5.73 Å². The first-order valence-electron chi connectivity index (χ1n) is 7.59. The van der Waals surface area contributed by atoms with Gasteiger partial charge >= 0.3 is 0 Å². The van der Waals surface area contributed by atoms with Crippen LogP contribution >= 0.6 is 0 Å². The molecule has 1 unspecified atom stereocenters. The number of fused-ring (bicyclic) bond motifs is 1. The molecule has 2 N–H and O–H groups in total. The average Bonchev–Trinajstić information content (AvgIpc) is 2.54. The van der Waals surface area contributed by atoms with E-state index in [1.165, 1.54) is 27.5 Å². The smallest absolute Gasteiger partial charge is 0.0338 e. The highest BCUT2D eigenvalue weighted by Crippen LogP contribution is 2.23. The molecule has 1 atom stereocenters. The number of nitrogens with two attached hydrogens (primary N) is 1.